The van der Waals surface area contributed by atoms with Gasteiger partial charge in [0.1, 0.15) is 22.9 Å². The maximum Gasteiger partial charge on any atom is 0.242 e. The van der Waals surface area contributed by atoms with Gasteiger partial charge in [0.25, 0.3) is 0 Å². The summed E-state index contributed by atoms with van der Waals surface area (Å²) in [5, 5.41) is 25.1. The number of aliphatic hydroxyl groups excluding tert-OH is 1. The molecule has 216 valence electrons. The third-order valence-electron chi connectivity index (χ3n) is 6.25. The summed E-state index contributed by atoms with van der Waals surface area (Å²) in [6, 6.07) is 13.6. The smallest absolute Gasteiger partial charge is 0.242 e. The van der Waals surface area contributed by atoms with Crippen LogP contribution >= 0.6 is 37.9 Å². The minimum absolute atomic E-state index is 0.427. The van der Waals surface area contributed by atoms with Gasteiger partial charge in [0.05, 0.1) is 20.3 Å². The lowest BCUT2D eigenvalue weighted by Crippen LogP contribution is -2.26. The number of hydrogen-bond donors (Lipinski definition) is 1. The Balaban J connectivity index is 1.82. The molecule has 1 N–H and O–H groups in total. The number of aromatic nitrogens is 5. The molecule has 0 aliphatic rings. The third kappa shape index (κ3) is 6.96. The minimum atomic E-state index is -0.822. The van der Waals surface area contributed by atoms with Crippen LogP contribution in [0.15, 0.2) is 53.1 Å². The second kappa shape index (κ2) is 12.9. The number of aliphatic hydroxyl groups is 1. The lowest BCUT2D eigenvalue weighted by Gasteiger charge is -2.31. The molecular formula is C28H37BrN6O3S2. The molecule has 9 nitrogen and oxygen atoms in total. The van der Waals surface area contributed by atoms with Crippen LogP contribution < -0.4 is 13.8 Å². The monoisotopic (exact) mass is 648 g/mol. The van der Waals surface area contributed by atoms with Gasteiger partial charge in [0, 0.05) is 30.0 Å². The number of hydrogen-bond acceptors (Lipinski definition) is 8. The van der Waals surface area contributed by atoms with Crippen molar-refractivity contribution >= 4 is 43.9 Å². The molecule has 4 rings (SSSR count). The van der Waals surface area contributed by atoms with Crippen LogP contribution in [0.4, 0.5) is 5.95 Å². The Labute approximate surface area is 250 Å². The van der Waals surface area contributed by atoms with Crippen LogP contribution in [0.5, 0.6) is 11.5 Å². The van der Waals surface area contributed by atoms with E-state index in [0.29, 0.717) is 47.0 Å². The summed E-state index contributed by atoms with van der Waals surface area (Å²) in [6.45, 7) is 2.74. The van der Waals surface area contributed by atoms with Crippen LogP contribution in [0.3, 0.4) is 0 Å². The number of aryl methyl sites for hydroxylation is 2. The number of rotatable bonds is 12. The highest BCUT2D eigenvalue weighted by Gasteiger charge is 2.28. The van der Waals surface area contributed by atoms with E-state index in [1.807, 2.05) is 67.2 Å². The van der Waals surface area contributed by atoms with Crippen molar-refractivity contribution in [3.8, 4) is 28.7 Å². The molecule has 0 bridgehead atoms. The van der Waals surface area contributed by atoms with E-state index in [0.717, 1.165) is 21.4 Å². The van der Waals surface area contributed by atoms with Gasteiger partial charge in [-0.2, -0.15) is 5.10 Å². The maximum absolute atomic E-state index is 11.2. The molecule has 0 aliphatic carbocycles. The fourth-order valence-corrected chi connectivity index (χ4v) is 6.69. The summed E-state index contributed by atoms with van der Waals surface area (Å²) in [5.74, 6) is 3.80. The van der Waals surface area contributed by atoms with Crippen molar-refractivity contribution < 1.29 is 14.6 Å². The van der Waals surface area contributed by atoms with Gasteiger partial charge in [0.2, 0.25) is 5.95 Å². The van der Waals surface area contributed by atoms with Gasteiger partial charge in [-0.15, -0.1) is 10.2 Å². The number of para-hydroxylation sites is 1. The Kier molecular flexibility index (Phi) is 9.76. The van der Waals surface area contributed by atoms with Crippen LogP contribution in [0.25, 0.3) is 17.2 Å². The molecule has 0 amide bonds. The third-order valence-corrected chi connectivity index (χ3v) is 9.46. The molecular weight excluding hydrogens is 612 g/mol. The highest BCUT2D eigenvalue weighted by molar-refractivity contribution is 9.10. The van der Waals surface area contributed by atoms with E-state index in [1.54, 1.807) is 18.9 Å². The maximum atomic E-state index is 11.2. The Hall–Kier alpha value is -2.67. The van der Waals surface area contributed by atoms with E-state index in [9.17, 15) is 5.11 Å². The molecule has 0 saturated heterocycles. The highest BCUT2D eigenvalue weighted by atomic mass is 79.9. The van der Waals surface area contributed by atoms with Crippen molar-refractivity contribution in [3.05, 3.63) is 64.3 Å². The molecule has 12 heteroatoms. The van der Waals surface area contributed by atoms with Crippen molar-refractivity contribution in [3.63, 3.8) is 0 Å². The van der Waals surface area contributed by atoms with Gasteiger partial charge >= 0.3 is 0 Å². The first-order valence-electron chi connectivity index (χ1n) is 12.7. The zero-order valence-corrected chi connectivity index (χ0v) is 27.2. The van der Waals surface area contributed by atoms with Crippen LogP contribution in [-0.4, -0.2) is 80.7 Å². The quantitative estimate of drug-likeness (QED) is 0.198. The van der Waals surface area contributed by atoms with Crippen molar-refractivity contribution in [2.75, 3.05) is 55.3 Å². The summed E-state index contributed by atoms with van der Waals surface area (Å²) in [7, 11) is 4.31. The van der Waals surface area contributed by atoms with E-state index in [1.165, 1.54) is 11.9 Å². The molecule has 4 aromatic rings. The van der Waals surface area contributed by atoms with Crippen molar-refractivity contribution in [2.24, 2.45) is 7.05 Å². The minimum Gasteiger partial charge on any atom is -0.494 e. The molecule has 2 aromatic heterocycles. The first-order chi connectivity index (χ1) is 19.0. The summed E-state index contributed by atoms with van der Waals surface area (Å²) in [4.78, 5) is 0. The molecule has 40 heavy (non-hydrogen) atoms. The first kappa shape index (κ1) is 30.3. The summed E-state index contributed by atoms with van der Waals surface area (Å²) < 4.78 is 18.3. The second-order valence-electron chi connectivity index (χ2n) is 10.3. The number of anilines is 1. The van der Waals surface area contributed by atoms with Gasteiger partial charge in [-0.05, 0) is 78.8 Å². The number of halogens is 1. The average molecular weight is 650 g/mol. The van der Waals surface area contributed by atoms with Crippen molar-refractivity contribution in [1.29, 1.82) is 0 Å². The molecule has 2 heterocycles. The predicted molar refractivity (Wildman–Crippen MR) is 171 cm³/mol. The van der Waals surface area contributed by atoms with Crippen LogP contribution in [-0.2, 0) is 7.05 Å². The Morgan fingerprint density at radius 1 is 1.07 bits per heavy atom. The lowest BCUT2D eigenvalue weighted by molar-refractivity contribution is 0.203. The first-order valence-corrected chi connectivity index (χ1v) is 17.5. The molecule has 1 unspecified atom stereocenters. The Morgan fingerprint density at radius 3 is 2.35 bits per heavy atom. The molecule has 1 atom stereocenters. The van der Waals surface area contributed by atoms with E-state index >= 15 is 0 Å². The second-order valence-corrected chi connectivity index (χ2v) is 16.8. The number of benzene rings is 2. The van der Waals surface area contributed by atoms with Crippen LogP contribution in [0, 0.1) is 6.92 Å². The van der Waals surface area contributed by atoms with E-state index < -0.39 is 16.1 Å². The molecule has 0 saturated carbocycles. The van der Waals surface area contributed by atoms with E-state index in [2.05, 4.69) is 54.3 Å². The van der Waals surface area contributed by atoms with Crippen molar-refractivity contribution in [1.82, 2.24) is 24.5 Å². The summed E-state index contributed by atoms with van der Waals surface area (Å²) in [6.07, 6.45) is 8.07. The van der Waals surface area contributed by atoms with Crippen LogP contribution in [0.1, 0.15) is 17.2 Å². The SMILES string of the molecule is COc1cccc(OC)c1-n1c(-c2ccn(C)n2)nnc1N(CCS(C)(C)C)SCC(O)c1ccc(C)cc1Br. The summed E-state index contributed by atoms with van der Waals surface area (Å²) >= 11 is 5.14. The molecule has 2 aromatic carbocycles. The van der Waals surface area contributed by atoms with Gasteiger partial charge in [-0.3, -0.25) is 13.6 Å². The number of ether oxygens (including phenoxy) is 2. The number of nitrogens with zero attached hydrogens (tertiary/aromatic N) is 6. The topological polar surface area (TPSA) is 90.5 Å². The molecule has 0 spiro atoms. The Bertz CT molecular complexity index is 1430. The summed E-state index contributed by atoms with van der Waals surface area (Å²) in [5.41, 5.74) is 3.33. The Morgan fingerprint density at radius 2 is 1.77 bits per heavy atom. The van der Waals surface area contributed by atoms with Crippen LogP contribution in [0.2, 0.25) is 0 Å². The standard InChI is InChI=1S/C28H37BrN6O3S2/c1-19-11-12-20(21(29)17-19)23(36)18-39-34(15-16-40(5,6)7)28-31-30-27(22-13-14-33(2)32-22)35(28)26-24(37-3)9-8-10-25(26)38-4/h8-14,17,23,36H,15-16,18H2,1-7H3. The van der Waals surface area contributed by atoms with Gasteiger partial charge < -0.3 is 14.6 Å². The van der Waals surface area contributed by atoms with Gasteiger partial charge in [0.15, 0.2) is 5.82 Å². The fourth-order valence-electron chi connectivity index (χ4n) is 4.13. The predicted octanol–water partition coefficient (Wildman–Crippen LogP) is 5.64. The molecule has 0 radical (unpaired) electrons. The zero-order valence-electron chi connectivity index (χ0n) is 24.0. The molecule has 0 aliphatic heterocycles. The highest BCUT2D eigenvalue weighted by Crippen LogP contribution is 2.41. The molecule has 0 fully saturated rings. The van der Waals surface area contributed by atoms with Gasteiger partial charge in [-0.1, -0.05) is 34.1 Å². The number of methoxy groups -OCH3 is 2. The fraction of sp³-hybridized carbons (Fsp3) is 0.393. The van der Waals surface area contributed by atoms with E-state index in [-0.39, 0.29) is 0 Å². The normalized spacial score (nSPS) is 12.8. The average Bonchev–Trinajstić information content (AvgIpc) is 3.53. The van der Waals surface area contributed by atoms with Gasteiger partial charge in [-0.25, -0.2) is 10.0 Å². The lowest BCUT2D eigenvalue weighted by atomic mass is 10.1. The largest absolute Gasteiger partial charge is 0.494 e. The van der Waals surface area contributed by atoms with E-state index in [4.69, 9.17) is 9.47 Å². The zero-order chi connectivity index (χ0) is 29.0. The van der Waals surface area contributed by atoms with Crippen molar-refractivity contribution in [2.45, 2.75) is 13.0 Å².